The summed E-state index contributed by atoms with van der Waals surface area (Å²) in [7, 11) is 0. The molecule has 2 aromatic carbocycles. The van der Waals surface area contributed by atoms with Gasteiger partial charge in [-0.15, -0.1) is 0 Å². The summed E-state index contributed by atoms with van der Waals surface area (Å²) in [6.07, 6.45) is 2.19. The number of benzene rings is 2. The number of aromatic nitrogens is 2. The van der Waals surface area contributed by atoms with E-state index in [2.05, 4.69) is 39.1 Å². The number of nitrogens with one attached hydrogen (secondary N) is 1. The van der Waals surface area contributed by atoms with Gasteiger partial charge in [0.05, 0.1) is 30.2 Å². The minimum Gasteiger partial charge on any atom is -0.376 e. The monoisotopic (exact) mass is 383 g/mol. The second kappa shape index (κ2) is 8.21. The highest BCUT2D eigenvalue weighted by Crippen LogP contribution is 2.16. The van der Waals surface area contributed by atoms with Gasteiger partial charge in [-0.1, -0.05) is 41.9 Å². The van der Waals surface area contributed by atoms with Crippen LogP contribution in [0, 0.1) is 0 Å². The molecule has 0 spiro atoms. The lowest BCUT2D eigenvalue weighted by Gasteiger charge is -2.32. The minimum absolute atomic E-state index is 0.147. The van der Waals surface area contributed by atoms with Gasteiger partial charge in [0.1, 0.15) is 5.82 Å². The van der Waals surface area contributed by atoms with Crippen molar-refractivity contribution in [1.29, 1.82) is 0 Å². The number of halogens is 1. The molecule has 2 heterocycles. The maximum atomic E-state index is 12.3. The molecule has 0 saturated carbocycles. The van der Waals surface area contributed by atoms with Gasteiger partial charge in [-0.25, -0.2) is 4.98 Å². The quantitative estimate of drug-likeness (QED) is 0.733. The summed E-state index contributed by atoms with van der Waals surface area (Å²) in [4.78, 5) is 22.1. The first-order valence-electron chi connectivity index (χ1n) is 9.24. The average molecular weight is 384 g/mol. The van der Waals surface area contributed by atoms with Gasteiger partial charge in [0.2, 0.25) is 0 Å². The molecule has 140 valence electrons. The molecule has 0 bridgehead atoms. The van der Waals surface area contributed by atoms with Crippen LogP contribution in [0.2, 0.25) is 5.02 Å². The first-order valence-corrected chi connectivity index (χ1v) is 9.61. The molecule has 0 amide bonds. The molecule has 1 saturated heterocycles. The number of rotatable bonds is 5. The molecule has 5 nitrogen and oxygen atoms in total. The van der Waals surface area contributed by atoms with E-state index in [1.54, 1.807) is 18.2 Å². The maximum Gasteiger partial charge on any atom is 0.258 e. The Morgan fingerprint density at radius 3 is 2.93 bits per heavy atom. The summed E-state index contributed by atoms with van der Waals surface area (Å²) in [5.41, 5.74) is 1.86. The lowest BCUT2D eigenvalue weighted by atomic mass is 10.1. The van der Waals surface area contributed by atoms with Gasteiger partial charge in [-0.3, -0.25) is 9.69 Å². The summed E-state index contributed by atoms with van der Waals surface area (Å²) in [5, 5.41) is 1.06. The number of hydrogen-bond acceptors (Lipinski definition) is 4. The normalized spacial score (nSPS) is 18.0. The molecule has 27 heavy (non-hydrogen) atoms. The van der Waals surface area contributed by atoms with Crippen LogP contribution >= 0.6 is 11.6 Å². The number of morpholine rings is 1. The number of H-pyrrole nitrogens is 1. The Balaban J connectivity index is 1.41. The molecule has 6 heteroatoms. The van der Waals surface area contributed by atoms with Gasteiger partial charge < -0.3 is 9.72 Å². The van der Waals surface area contributed by atoms with Crippen molar-refractivity contribution in [3.05, 3.63) is 75.3 Å². The van der Waals surface area contributed by atoms with E-state index >= 15 is 0 Å². The summed E-state index contributed by atoms with van der Waals surface area (Å²) in [6.45, 7) is 2.99. The van der Waals surface area contributed by atoms with Crippen LogP contribution in [-0.4, -0.2) is 40.7 Å². The standard InChI is InChI=1S/C21H22ClN3O2/c22-16-7-9-19-18(12-16)21(26)24-20(23-19)14-25-10-11-27-17(13-25)8-6-15-4-2-1-3-5-15/h1-5,7,9,12,17H,6,8,10-11,13-14H2,(H,23,24,26). The summed E-state index contributed by atoms with van der Waals surface area (Å²) in [5.74, 6) is 0.679. The van der Waals surface area contributed by atoms with Crippen LogP contribution in [0.4, 0.5) is 0 Å². The van der Waals surface area contributed by atoms with Crippen LogP contribution in [0.5, 0.6) is 0 Å². The van der Waals surface area contributed by atoms with Crippen molar-refractivity contribution in [3.8, 4) is 0 Å². The highest BCUT2D eigenvalue weighted by atomic mass is 35.5. The molecule has 1 fully saturated rings. The molecule has 1 unspecified atom stereocenters. The zero-order chi connectivity index (χ0) is 18.6. The highest BCUT2D eigenvalue weighted by molar-refractivity contribution is 6.31. The fourth-order valence-electron chi connectivity index (χ4n) is 3.52. The third-order valence-electron chi connectivity index (χ3n) is 4.91. The van der Waals surface area contributed by atoms with Crippen molar-refractivity contribution >= 4 is 22.5 Å². The van der Waals surface area contributed by atoms with Crippen molar-refractivity contribution in [2.24, 2.45) is 0 Å². The van der Waals surface area contributed by atoms with E-state index in [1.807, 2.05) is 6.07 Å². The third kappa shape index (κ3) is 4.56. The van der Waals surface area contributed by atoms with E-state index in [1.165, 1.54) is 5.56 Å². The Morgan fingerprint density at radius 1 is 1.22 bits per heavy atom. The Kier molecular flexibility index (Phi) is 5.53. The molecule has 1 N–H and O–H groups in total. The topological polar surface area (TPSA) is 58.2 Å². The average Bonchev–Trinajstić information content (AvgIpc) is 2.68. The molecule has 1 aliphatic heterocycles. The molecule has 4 rings (SSSR count). The number of fused-ring (bicyclic) bond motifs is 1. The van der Waals surface area contributed by atoms with Crippen molar-refractivity contribution in [2.75, 3.05) is 19.7 Å². The Labute approximate surface area is 162 Å². The molecule has 1 atom stereocenters. The van der Waals surface area contributed by atoms with Crippen molar-refractivity contribution < 1.29 is 4.74 Å². The van der Waals surface area contributed by atoms with Crippen molar-refractivity contribution in [3.63, 3.8) is 0 Å². The van der Waals surface area contributed by atoms with Crippen LogP contribution in [0.3, 0.4) is 0 Å². The molecule has 3 aromatic rings. The van der Waals surface area contributed by atoms with E-state index in [9.17, 15) is 4.79 Å². The summed E-state index contributed by atoms with van der Waals surface area (Å²) in [6, 6.07) is 15.7. The van der Waals surface area contributed by atoms with Gasteiger partial charge in [-0.2, -0.15) is 0 Å². The predicted molar refractivity (Wildman–Crippen MR) is 107 cm³/mol. The van der Waals surface area contributed by atoms with Crippen LogP contribution in [0.15, 0.2) is 53.3 Å². The minimum atomic E-state index is -0.147. The second-order valence-electron chi connectivity index (χ2n) is 6.93. The van der Waals surface area contributed by atoms with Crippen molar-refractivity contribution in [1.82, 2.24) is 14.9 Å². The number of aromatic amines is 1. The molecule has 0 radical (unpaired) electrons. The number of ether oxygens (including phenoxy) is 1. The Morgan fingerprint density at radius 2 is 2.07 bits per heavy atom. The highest BCUT2D eigenvalue weighted by Gasteiger charge is 2.21. The van der Waals surface area contributed by atoms with Gasteiger partial charge in [0.25, 0.3) is 5.56 Å². The molecular weight excluding hydrogens is 362 g/mol. The summed E-state index contributed by atoms with van der Waals surface area (Å²) >= 11 is 5.97. The van der Waals surface area contributed by atoms with E-state index in [-0.39, 0.29) is 11.7 Å². The first-order chi connectivity index (χ1) is 13.2. The lowest BCUT2D eigenvalue weighted by Crippen LogP contribution is -2.42. The second-order valence-corrected chi connectivity index (χ2v) is 7.36. The predicted octanol–water partition coefficient (Wildman–Crippen LogP) is 3.41. The molecule has 0 aliphatic carbocycles. The van der Waals surface area contributed by atoms with Crippen LogP contribution in [0.1, 0.15) is 17.8 Å². The van der Waals surface area contributed by atoms with Gasteiger partial charge in [0, 0.05) is 18.1 Å². The van der Waals surface area contributed by atoms with Crippen LogP contribution in [0.25, 0.3) is 10.9 Å². The van der Waals surface area contributed by atoms with Crippen molar-refractivity contribution in [2.45, 2.75) is 25.5 Å². The van der Waals surface area contributed by atoms with Crippen LogP contribution in [-0.2, 0) is 17.7 Å². The first kappa shape index (κ1) is 18.2. The van der Waals surface area contributed by atoms with E-state index in [0.717, 1.165) is 25.9 Å². The fourth-order valence-corrected chi connectivity index (χ4v) is 3.69. The number of nitrogens with zero attached hydrogens (tertiary/aromatic N) is 2. The molecular formula is C21H22ClN3O2. The van der Waals surface area contributed by atoms with Crippen LogP contribution < -0.4 is 5.56 Å². The van der Waals surface area contributed by atoms with Gasteiger partial charge in [0.15, 0.2) is 0 Å². The smallest absolute Gasteiger partial charge is 0.258 e. The van der Waals surface area contributed by atoms with E-state index in [4.69, 9.17) is 16.3 Å². The third-order valence-corrected chi connectivity index (χ3v) is 5.15. The lowest BCUT2D eigenvalue weighted by molar-refractivity contribution is -0.0352. The molecule has 1 aliphatic rings. The number of hydrogen-bond donors (Lipinski definition) is 1. The van der Waals surface area contributed by atoms with E-state index in [0.29, 0.717) is 34.9 Å². The Bertz CT molecular complexity index is 974. The number of aryl methyl sites for hydroxylation is 1. The van der Waals surface area contributed by atoms with E-state index < -0.39 is 0 Å². The largest absolute Gasteiger partial charge is 0.376 e. The fraction of sp³-hybridized carbons (Fsp3) is 0.333. The Hall–Kier alpha value is -2.21. The van der Waals surface area contributed by atoms with Gasteiger partial charge in [-0.05, 0) is 36.6 Å². The zero-order valence-electron chi connectivity index (χ0n) is 15.0. The van der Waals surface area contributed by atoms with Gasteiger partial charge >= 0.3 is 0 Å². The summed E-state index contributed by atoms with van der Waals surface area (Å²) < 4.78 is 5.93. The SMILES string of the molecule is O=c1[nH]c(CN2CCOC(CCc3ccccc3)C2)nc2ccc(Cl)cc12. The molecule has 1 aromatic heterocycles. The maximum absolute atomic E-state index is 12.3. The zero-order valence-corrected chi connectivity index (χ0v) is 15.8.